The minimum absolute atomic E-state index is 0.00101. The number of hydrogen-bond donors (Lipinski definition) is 1. The van der Waals surface area contributed by atoms with E-state index in [1.165, 1.54) is 5.56 Å². The van der Waals surface area contributed by atoms with Crippen LogP contribution in [0.5, 0.6) is 0 Å². The van der Waals surface area contributed by atoms with Gasteiger partial charge in [0.1, 0.15) is 6.04 Å². The van der Waals surface area contributed by atoms with Crippen molar-refractivity contribution in [3.05, 3.63) is 35.4 Å². The Labute approximate surface area is 149 Å². The number of nitrogens with zero attached hydrogens (tertiary/aromatic N) is 2. The monoisotopic (exact) mass is 345 g/mol. The van der Waals surface area contributed by atoms with E-state index in [0.29, 0.717) is 39.4 Å². The van der Waals surface area contributed by atoms with Crippen molar-refractivity contribution in [2.45, 2.75) is 33.4 Å². The number of piperazine rings is 1. The van der Waals surface area contributed by atoms with E-state index in [2.05, 4.69) is 18.3 Å². The molecule has 1 N–H and O–H groups in total. The zero-order valence-electron chi connectivity index (χ0n) is 15.2. The number of benzene rings is 1. The molecule has 0 aromatic heterocycles. The molecular weight excluding hydrogens is 318 g/mol. The minimum Gasteiger partial charge on any atom is -0.380 e. The number of aryl methyl sites for hydroxylation is 1. The molecule has 25 heavy (non-hydrogen) atoms. The number of ether oxygens (including phenoxy) is 1. The van der Waals surface area contributed by atoms with Crippen molar-refractivity contribution in [2.24, 2.45) is 5.41 Å². The Balaban J connectivity index is 1.56. The highest BCUT2D eigenvalue weighted by molar-refractivity contribution is 5.88. The number of amides is 3. The predicted molar refractivity (Wildman–Crippen MR) is 95.1 cm³/mol. The summed E-state index contributed by atoms with van der Waals surface area (Å²) >= 11 is 0. The lowest BCUT2D eigenvalue weighted by atomic mass is 9.89. The number of carbonyl (C=O) groups excluding carboxylic acids is 2. The summed E-state index contributed by atoms with van der Waals surface area (Å²) in [4.78, 5) is 28.6. The van der Waals surface area contributed by atoms with Crippen LogP contribution >= 0.6 is 0 Å². The van der Waals surface area contributed by atoms with Crippen molar-refractivity contribution >= 4 is 11.9 Å². The fourth-order valence-corrected chi connectivity index (χ4v) is 3.34. The van der Waals surface area contributed by atoms with Gasteiger partial charge in [0.05, 0.1) is 13.2 Å². The van der Waals surface area contributed by atoms with Crippen LogP contribution in [0.1, 0.15) is 25.0 Å². The summed E-state index contributed by atoms with van der Waals surface area (Å²) in [5, 5.41) is 2.95. The molecule has 1 atom stereocenters. The third kappa shape index (κ3) is 3.95. The van der Waals surface area contributed by atoms with E-state index < -0.39 is 6.04 Å². The quantitative estimate of drug-likeness (QED) is 0.905. The molecule has 0 saturated carbocycles. The summed E-state index contributed by atoms with van der Waals surface area (Å²) in [6, 6.07) is 7.58. The molecular formula is C19H27N3O3. The summed E-state index contributed by atoms with van der Waals surface area (Å²) in [5.41, 5.74) is 2.33. The molecule has 6 heteroatoms. The molecule has 0 radical (unpaired) electrons. The summed E-state index contributed by atoms with van der Waals surface area (Å²) in [7, 11) is 0. The first-order valence-electron chi connectivity index (χ1n) is 8.84. The van der Waals surface area contributed by atoms with Crippen LogP contribution in [-0.2, 0) is 16.1 Å². The van der Waals surface area contributed by atoms with Gasteiger partial charge in [-0.15, -0.1) is 0 Å². The molecule has 2 heterocycles. The first-order chi connectivity index (χ1) is 11.9. The Hall–Kier alpha value is -2.08. The molecule has 1 aromatic rings. The summed E-state index contributed by atoms with van der Waals surface area (Å²) in [6.45, 7) is 9.57. The first kappa shape index (κ1) is 17.7. The van der Waals surface area contributed by atoms with Crippen molar-refractivity contribution in [1.29, 1.82) is 0 Å². The van der Waals surface area contributed by atoms with E-state index in [9.17, 15) is 9.59 Å². The maximum atomic E-state index is 12.7. The molecule has 3 rings (SSSR count). The fraction of sp³-hybridized carbons (Fsp3) is 0.579. The molecule has 136 valence electrons. The van der Waals surface area contributed by atoms with E-state index in [1.54, 1.807) is 11.8 Å². The Kier molecular flexibility index (Phi) is 4.99. The normalized spacial score (nSPS) is 22.5. The highest BCUT2D eigenvalue weighted by Crippen LogP contribution is 2.25. The maximum absolute atomic E-state index is 12.7. The van der Waals surface area contributed by atoms with E-state index >= 15 is 0 Å². The van der Waals surface area contributed by atoms with Gasteiger partial charge in [0, 0.05) is 31.6 Å². The molecule has 0 spiro atoms. The van der Waals surface area contributed by atoms with E-state index in [0.717, 1.165) is 5.56 Å². The molecule has 0 aliphatic carbocycles. The van der Waals surface area contributed by atoms with Crippen molar-refractivity contribution in [3.8, 4) is 0 Å². The number of carbonyl (C=O) groups is 2. The van der Waals surface area contributed by atoms with Gasteiger partial charge in [0.25, 0.3) is 0 Å². The van der Waals surface area contributed by atoms with Crippen LogP contribution in [0.25, 0.3) is 0 Å². The second kappa shape index (κ2) is 7.04. The molecule has 3 amide bonds. The van der Waals surface area contributed by atoms with Crippen LogP contribution in [0.2, 0.25) is 0 Å². The standard InChI is InChI=1S/C19H27N3O3/c1-14-5-4-6-16(9-14)10-21-7-8-22(15(2)17(21)23)18(24)20-11-19(3)12-25-13-19/h4-6,9,15H,7-8,10-13H2,1-3H3,(H,20,24). The van der Waals surface area contributed by atoms with Gasteiger partial charge >= 0.3 is 6.03 Å². The number of nitrogens with one attached hydrogen (secondary N) is 1. The lowest BCUT2D eigenvalue weighted by Gasteiger charge is -2.41. The second-order valence-electron chi connectivity index (χ2n) is 7.58. The molecule has 2 saturated heterocycles. The smallest absolute Gasteiger partial charge is 0.318 e. The van der Waals surface area contributed by atoms with Gasteiger partial charge in [-0.1, -0.05) is 36.8 Å². The number of urea groups is 1. The maximum Gasteiger partial charge on any atom is 0.318 e. The molecule has 6 nitrogen and oxygen atoms in total. The molecule has 2 fully saturated rings. The van der Waals surface area contributed by atoms with Crippen LogP contribution in [0.3, 0.4) is 0 Å². The second-order valence-corrected chi connectivity index (χ2v) is 7.58. The van der Waals surface area contributed by atoms with Gasteiger partial charge in [-0.25, -0.2) is 4.79 Å². The Morgan fingerprint density at radius 3 is 2.76 bits per heavy atom. The lowest BCUT2D eigenvalue weighted by Crippen LogP contribution is -2.60. The summed E-state index contributed by atoms with van der Waals surface area (Å²) < 4.78 is 5.21. The largest absolute Gasteiger partial charge is 0.380 e. The Bertz CT molecular complexity index is 657. The highest BCUT2D eigenvalue weighted by Gasteiger charge is 2.37. The van der Waals surface area contributed by atoms with Crippen molar-refractivity contribution in [2.75, 3.05) is 32.8 Å². The Morgan fingerprint density at radius 1 is 1.36 bits per heavy atom. The Morgan fingerprint density at radius 2 is 2.12 bits per heavy atom. The summed E-state index contributed by atoms with van der Waals surface area (Å²) in [6.07, 6.45) is 0. The van der Waals surface area contributed by atoms with Gasteiger partial charge in [-0.3, -0.25) is 4.79 Å². The number of rotatable bonds is 4. The third-order valence-corrected chi connectivity index (χ3v) is 5.03. The molecule has 2 aliphatic heterocycles. The van der Waals surface area contributed by atoms with Crippen LogP contribution in [0.15, 0.2) is 24.3 Å². The van der Waals surface area contributed by atoms with Crippen LogP contribution < -0.4 is 5.32 Å². The molecule has 2 aliphatic rings. The topological polar surface area (TPSA) is 61.9 Å². The van der Waals surface area contributed by atoms with Crippen molar-refractivity contribution in [3.63, 3.8) is 0 Å². The van der Waals surface area contributed by atoms with Crippen molar-refractivity contribution in [1.82, 2.24) is 15.1 Å². The van der Waals surface area contributed by atoms with E-state index in [4.69, 9.17) is 4.74 Å². The fourth-order valence-electron chi connectivity index (χ4n) is 3.34. The van der Waals surface area contributed by atoms with Crippen LogP contribution in [0, 0.1) is 12.3 Å². The summed E-state index contributed by atoms with van der Waals surface area (Å²) in [5.74, 6) is 0.00101. The van der Waals surface area contributed by atoms with Crippen LogP contribution in [0.4, 0.5) is 4.79 Å². The average molecular weight is 345 g/mol. The van der Waals surface area contributed by atoms with Gasteiger partial charge in [-0.2, -0.15) is 0 Å². The van der Waals surface area contributed by atoms with Gasteiger partial charge in [0.2, 0.25) is 5.91 Å². The van der Waals surface area contributed by atoms with E-state index in [-0.39, 0.29) is 17.4 Å². The third-order valence-electron chi connectivity index (χ3n) is 5.03. The lowest BCUT2D eigenvalue weighted by molar-refractivity contribution is -0.140. The molecule has 1 aromatic carbocycles. The highest BCUT2D eigenvalue weighted by atomic mass is 16.5. The van der Waals surface area contributed by atoms with Gasteiger partial charge in [-0.05, 0) is 19.4 Å². The zero-order valence-corrected chi connectivity index (χ0v) is 15.2. The van der Waals surface area contributed by atoms with Crippen molar-refractivity contribution < 1.29 is 14.3 Å². The first-order valence-corrected chi connectivity index (χ1v) is 8.84. The average Bonchev–Trinajstić information content (AvgIpc) is 2.55. The molecule has 0 bridgehead atoms. The molecule has 1 unspecified atom stereocenters. The predicted octanol–water partition coefficient (Wildman–Crippen LogP) is 1.77. The van der Waals surface area contributed by atoms with Gasteiger partial charge in [0.15, 0.2) is 0 Å². The van der Waals surface area contributed by atoms with E-state index in [1.807, 2.05) is 30.0 Å². The van der Waals surface area contributed by atoms with Crippen LogP contribution in [-0.4, -0.2) is 60.6 Å². The SMILES string of the molecule is Cc1cccc(CN2CCN(C(=O)NCC3(C)COC3)C(C)C2=O)c1. The zero-order chi connectivity index (χ0) is 18.0. The van der Waals surface area contributed by atoms with Gasteiger partial charge < -0.3 is 19.9 Å². The number of hydrogen-bond acceptors (Lipinski definition) is 3. The minimum atomic E-state index is -0.441.